The van der Waals surface area contributed by atoms with Crippen molar-refractivity contribution in [3.8, 4) is 23.0 Å². The Balaban J connectivity index is 1.50. The predicted molar refractivity (Wildman–Crippen MR) is 155 cm³/mol. The van der Waals surface area contributed by atoms with Crippen molar-refractivity contribution < 1.29 is 18.9 Å². The van der Waals surface area contributed by atoms with Crippen molar-refractivity contribution in [2.45, 2.75) is 27.1 Å². The van der Waals surface area contributed by atoms with Crippen LogP contribution in [-0.2, 0) is 13.2 Å². The Labute approximate surface area is 225 Å². The van der Waals surface area contributed by atoms with Crippen molar-refractivity contribution in [1.82, 2.24) is 0 Å². The molecular formula is C34H34O4. The maximum Gasteiger partial charge on any atom is 0.161 e. The molecule has 4 heteroatoms. The summed E-state index contributed by atoms with van der Waals surface area (Å²) >= 11 is 0. The average Bonchev–Trinajstić information content (AvgIpc) is 2.95. The summed E-state index contributed by atoms with van der Waals surface area (Å²) in [4.78, 5) is 0. The second-order valence-electron chi connectivity index (χ2n) is 9.12. The minimum absolute atomic E-state index is 0.484. The molecule has 0 saturated heterocycles. The average molecular weight is 507 g/mol. The zero-order valence-electron chi connectivity index (χ0n) is 22.2. The highest BCUT2D eigenvalue weighted by atomic mass is 16.5. The van der Waals surface area contributed by atoms with Crippen molar-refractivity contribution in [3.05, 3.63) is 131 Å². The first-order valence-corrected chi connectivity index (χ1v) is 12.7. The van der Waals surface area contributed by atoms with E-state index >= 15 is 0 Å². The summed E-state index contributed by atoms with van der Waals surface area (Å²) in [5, 5.41) is 0. The van der Waals surface area contributed by atoms with Crippen LogP contribution in [0.25, 0.3) is 12.2 Å². The highest BCUT2D eigenvalue weighted by Gasteiger charge is 2.07. The van der Waals surface area contributed by atoms with Crippen LogP contribution in [0.1, 0.15) is 36.1 Å². The van der Waals surface area contributed by atoms with Crippen LogP contribution < -0.4 is 18.9 Å². The number of hydrogen-bond acceptors (Lipinski definition) is 4. The van der Waals surface area contributed by atoms with Crippen molar-refractivity contribution >= 4 is 12.2 Å². The second kappa shape index (κ2) is 13.8. The molecule has 4 aromatic carbocycles. The fourth-order valence-electron chi connectivity index (χ4n) is 3.74. The van der Waals surface area contributed by atoms with Crippen LogP contribution in [0.4, 0.5) is 0 Å². The third-order valence-electron chi connectivity index (χ3n) is 5.79. The van der Waals surface area contributed by atoms with Crippen LogP contribution in [-0.4, -0.2) is 13.7 Å². The summed E-state index contributed by atoms with van der Waals surface area (Å²) in [6.45, 7) is 5.60. The monoisotopic (exact) mass is 506 g/mol. The molecule has 0 aromatic heterocycles. The molecule has 0 spiro atoms. The summed E-state index contributed by atoms with van der Waals surface area (Å²) < 4.78 is 23.7. The molecular weight excluding hydrogens is 472 g/mol. The van der Waals surface area contributed by atoms with E-state index in [4.69, 9.17) is 18.9 Å². The summed E-state index contributed by atoms with van der Waals surface area (Å²) in [6, 6.07) is 32.1. The first-order valence-electron chi connectivity index (χ1n) is 12.7. The van der Waals surface area contributed by atoms with E-state index in [1.807, 2.05) is 97.1 Å². The summed E-state index contributed by atoms with van der Waals surface area (Å²) in [6.07, 6.45) is 6.14. The smallest absolute Gasteiger partial charge is 0.161 e. The van der Waals surface area contributed by atoms with Gasteiger partial charge in [0.05, 0.1) is 7.11 Å². The Hall–Kier alpha value is -4.44. The Morgan fingerprint density at radius 1 is 0.605 bits per heavy atom. The molecule has 0 heterocycles. The predicted octanol–water partition coefficient (Wildman–Crippen LogP) is 8.37. The van der Waals surface area contributed by atoms with Gasteiger partial charge in [0, 0.05) is 6.07 Å². The van der Waals surface area contributed by atoms with Gasteiger partial charge in [-0.05, 0) is 66.4 Å². The van der Waals surface area contributed by atoms with E-state index in [1.54, 1.807) is 7.11 Å². The Morgan fingerprint density at radius 2 is 1.21 bits per heavy atom. The number of benzene rings is 4. The number of hydrogen-bond donors (Lipinski definition) is 0. The summed E-state index contributed by atoms with van der Waals surface area (Å²) in [5.41, 5.74) is 5.41. The van der Waals surface area contributed by atoms with Gasteiger partial charge < -0.3 is 18.9 Å². The van der Waals surface area contributed by atoms with Crippen molar-refractivity contribution in [3.63, 3.8) is 0 Å². The van der Waals surface area contributed by atoms with Gasteiger partial charge in [0.2, 0.25) is 0 Å². The van der Waals surface area contributed by atoms with Crippen molar-refractivity contribution in [2.75, 3.05) is 13.7 Å². The van der Waals surface area contributed by atoms with Crippen LogP contribution in [0.3, 0.4) is 0 Å². The van der Waals surface area contributed by atoms with E-state index in [-0.39, 0.29) is 0 Å². The van der Waals surface area contributed by atoms with E-state index in [2.05, 4.69) is 32.1 Å². The summed E-state index contributed by atoms with van der Waals surface area (Å²) in [5.74, 6) is 2.91. The molecule has 0 unspecified atom stereocenters. The molecule has 0 bridgehead atoms. The molecule has 38 heavy (non-hydrogen) atoms. The molecule has 4 nitrogen and oxygen atoms in total. The van der Waals surface area contributed by atoms with Gasteiger partial charge >= 0.3 is 0 Å². The minimum Gasteiger partial charge on any atom is -0.493 e. The van der Waals surface area contributed by atoms with Crippen LogP contribution in [0.5, 0.6) is 23.0 Å². The topological polar surface area (TPSA) is 36.9 Å². The molecule has 4 rings (SSSR count). The second-order valence-corrected chi connectivity index (χ2v) is 9.12. The van der Waals surface area contributed by atoms with E-state index in [0.717, 1.165) is 33.8 Å². The molecule has 0 fully saturated rings. The number of ether oxygens (including phenoxy) is 4. The van der Waals surface area contributed by atoms with Gasteiger partial charge in [-0.3, -0.25) is 0 Å². The Kier molecular flexibility index (Phi) is 9.63. The first kappa shape index (κ1) is 26.6. The quantitative estimate of drug-likeness (QED) is 0.143. The lowest BCUT2D eigenvalue weighted by Gasteiger charge is -2.12. The molecule has 0 atom stereocenters. The number of allylic oxidation sites excluding steroid dienone is 1. The standard InChI is InChI=1S/C34H34O4/c1-26(2)18-19-36-31-20-30(21-32(23-31)37-24-28-10-6-4-7-11-28)15-14-27-16-17-33(34(22-27)35-3)38-25-29-12-8-5-9-13-29/h4-18,20-23H,19,24-25H2,1-3H3. The van der Waals surface area contributed by atoms with Crippen LogP contribution in [0, 0.1) is 0 Å². The highest BCUT2D eigenvalue weighted by Crippen LogP contribution is 2.30. The van der Waals surface area contributed by atoms with Gasteiger partial charge in [0.25, 0.3) is 0 Å². The number of rotatable bonds is 12. The number of methoxy groups -OCH3 is 1. The van der Waals surface area contributed by atoms with Crippen LogP contribution in [0.2, 0.25) is 0 Å². The molecule has 0 aliphatic heterocycles. The lowest BCUT2D eigenvalue weighted by atomic mass is 10.1. The van der Waals surface area contributed by atoms with E-state index < -0.39 is 0 Å². The van der Waals surface area contributed by atoms with E-state index in [9.17, 15) is 0 Å². The van der Waals surface area contributed by atoms with E-state index in [0.29, 0.717) is 31.3 Å². The molecule has 0 saturated carbocycles. The van der Waals surface area contributed by atoms with Gasteiger partial charge in [0.1, 0.15) is 31.3 Å². The molecule has 0 radical (unpaired) electrons. The minimum atomic E-state index is 0.484. The van der Waals surface area contributed by atoms with Gasteiger partial charge in [-0.1, -0.05) is 84.5 Å². The molecule has 4 aromatic rings. The summed E-state index contributed by atoms with van der Waals surface area (Å²) in [7, 11) is 1.65. The van der Waals surface area contributed by atoms with Gasteiger partial charge in [-0.15, -0.1) is 0 Å². The van der Waals surface area contributed by atoms with Gasteiger partial charge in [0.15, 0.2) is 11.5 Å². The maximum atomic E-state index is 6.10. The van der Waals surface area contributed by atoms with Crippen molar-refractivity contribution in [2.24, 2.45) is 0 Å². The molecule has 194 valence electrons. The lowest BCUT2D eigenvalue weighted by molar-refractivity contribution is 0.284. The zero-order valence-corrected chi connectivity index (χ0v) is 22.2. The SMILES string of the molecule is COc1cc(C=Cc2cc(OCC=C(C)C)cc(OCc3ccccc3)c2)ccc1OCc1ccccc1. The molecule has 0 N–H and O–H groups in total. The molecule has 0 aliphatic carbocycles. The van der Waals surface area contributed by atoms with E-state index in [1.165, 1.54) is 5.57 Å². The van der Waals surface area contributed by atoms with Crippen LogP contribution >= 0.6 is 0 Å². The molecule has 0 aliphatic rings. The fourth-order valence-corrected chi connectivity index (χ4v) is 3.74. The highest BCUT2D eigenvalue weighted by molar-refractivity contribution is 5.72. The largest absolute Gasteiger partial charge is 0.493 e. The van der Waals surface area contributed by atoms with Crippen LogP contribution in [0.15, 0.2) is 109 Å². The van der Waals surface area contributed by atoms with Gasteiger partial charge in [-0.25, -0.2) is 0 Å². The third kappa shape index (κ3) is 8.31. The lowest BCUT2D eigenvalue weighted by Crippen LogP contribution is -1.98. The zero-order chi connectivity index (χ0) is 26.6. The maximum absolute atomic E-state index is 6.10. The Morgan fingerprint density at radius 3 is 1.84 bits per heavy atom. The van der Waals surface area contributed by atoms with Gasteiger partial charge in [-0.2, -0.15) is 0 Å². The Bertz CT molecular complexity index is 1350. The normalized spacial score (nSPS) is 10.7. The first-order chi connectivity index (χ1) is 18.6. The fraction of sp³-hybridized carbons (Fsp3) is 0.176. The third-order valence-corrected chi connectivity index (χ3v) is 5.79. The molecule has 0 amide bonds. The van der Waals surface area contributed by atoms with Crippen molar-refractivity contribution in [1.29, 1.82) is 0 Å².